The summed E-state index contributed by atoms with van der Waals surface area (Å²) in [6.07, 6.45) is 2.05. The van der Waals surface area contributed by atoms with Gasteiger partial charge in [0.25, 0.3) is 0 Å². The fourth-order valence-corrected chi connectivity index (χ4v) is 3.25. The van der Waals surface area contributed by atoms with E-state index in [9.17, 15) is 4.79 Å². The molecule has 1 aliphatic carbocycles. The number of nitrogens with one attached hydrogen (secondary N) is 3. The molecule has 166 valence electrons. The Morgan fingerprint density at radius 2 is 1.93 bits per heavy atom. The molecule has 2 fully saturated rings. The van der Waals surface area contributed by atoms with E-state index in [0.29, 0.717) is 26.2 Å². The van der Waals surface area contributed by atoms with E-state index in [4.69, 9.17) is 9.47 Å². The summed E-state index contributed by atoms with van der Waals surface area (Å²) in [4.78, 5) is 18.7. The van der Waals surface area contributed by atoms with Gasteiger partial charge in [0.05, 0.1) is 19.8 Å². The summed E-state index contributed by atoms with van der Waals surface area (Å²) < 4.78 is 11.4. The Bertz CT molecular complexity index is 687. The summed E-state index contributed by atoms with van der Waals surface area (Å²) in [6, 6.07) is 8.04. The number of aliphatic imine (C=N–C) groups is 1. The van der Waals surface area contributed by atoms with Crippen LogP contribution in [-0.2, 0) is 16.1 Å². The maximum Gasteiger partial charge on any atom is 0.223 e. The van der Waals surface area contributed by atoms with Gasteiger partial charge in [-0.25, -0.2) is 4.99 Å². The van der Waals surface area contributed by atoms with Crippen LogP contribution < -0.4 is 20.7 Å². The van der Waals surface area contributed by atoms with Gasteiger partial charge in [0.2, 0.25) is 5.91 Å². The topological polar surface area (TPSA) is 87.2 Å². The summed E-state index contributed by atoms with van der Waals surface area (Å²) in [5.74, 6) is 2.02. The third-order valence-electron chi connectivity index (χ3n) is 5.16. The van der Waals surface area contributed by atoms with E-state index < -0.39 is 0 Å². The number of ether oxygens (including phenoxy) is 2. The summed E-state index contributed by atoms with van der Waals surface area (Å²) >= 11 is 0. The highest BCUT2D eigenvalue weighted by molar-refractivity contribution is 5.81. The lowest BCUT2D eigenvalue weighted by molar-refractivity contribution is -0.122. The van der Waals surface area contributed by atoms with Gasteiger partial charge in [-0.05, 0) is 25.8 Å². The maximum atomic E-state index is 11.7. The smallest absolute Gasteiger partial charge is 0.223 e. The first-order chi connectivity index (χ1) is 14.8. The van der Waals surface area contributed by atoms with Crippen LogP contribution in [0.25, 0.3) is 0 Å². The van der Waals surface area contributed by atoms with Crippen molar-refractivity contribution in [1.29, 1.82) is 0 Å². The lowest BCUT2D eigenvalue weighted by Gasteiger charge is -2.26. The van der Waals surface area contributed by atoms with Gasteiger partial charge in [0, 0.05) is 50.7 Å². The largest absolute Gasteiger partial charge is 0.492 e. The van der Waals surface area contributed by atoms with Crippen LogP contribution in [0.5, 0.6) is 5.75 Å². The molecule has 0 spiro atoms. The molecule has 3 N–H and O–H groups in total. The highest BCUT2D eigenvalue weighted by Gasteiger charge is 2.28. The Morgan fingerprint density at radius 3 is 2.70 bits per heavy atom. The molecule has 0 aromatic heterocycles. The van der Waals surface area contributed by atoms with Crippen molar-refractivity contribution >= 4 is 11.9 Å². The predicted octanol–water partition coefficient (Wildman–Crippen LogP) is 0.979. The van der Waals surface area contributed by atoms with Crippen LogP contribution in [0.1, 0.15) is 25.3 Å². The van der Waals surface area contributed by atoms with Gasteiger partial charge in [0.15, 0.2) is 5.96 Å². The summed E-state index contributed by atoms with van der Waals surface area (Å²) in [7, 11) is 0. The number of para-hydroxylation sites is 1. The maximum absolute atomic E-state index is 11.7. The average Bonchev–Trinajstić information content (AvgIpc) is 3.62. The molecule has 1 saturated carbocycles. The molecule has 1 aromatic carbocycles. The summed E-state index contributed by atoms with van der Waals surface area (Å²) in [6.45, 7) is 9.67. The Hall–Kier alpha value is -2.32. The zero-order valence-corrected chi connectivity index (χ0v) is 18.0. The first-order valence-corrected chi connectivity index (χ1v) is 11.1. The minimum atomic E-state index is 0.168. The van der Waals surface area contributed by atoms with Crippen molar-refractivity contribution in [1.82, 2.24) is 20.9 Å². The molecule has 0 unspecified atom stereocenters. The van der Waals surface area contributed by atoms with E-state index >= 15 is 0 Å². The molecule has 30 heavy (non-hydrogen) atoms. The van der Waals surface area contributed by atoms with Crippen LogP contribution in [0.3, 0.4) is 0 Å². The number of guanidine groups is 1. The third-order valence-corrected chi connectivity index (χ3v) is 5.16. The Morgan fingerprint density at radius 1 is 1.17 bits per heavy atom. The monoisotopic (exact) mass is 417 g/mol. The van der Waals surface area contributed by atoms with Crippen LogP contribution in [0.15, 0.2) is 29.3 Å². The Kier molecular flexibility index (Phi) is 9.24. The molecule has 8 heteroatoms. The van der Waals surface area contributed by atoms with Crippen molar-refractivity contribution in [3.05, 3.63) is 29.8 Å². The normalized spacial score (nSPS) is 17.4. The van der Waals surface area contributed by atoms with Gasteiger partial charge in [-0.3, -0.25) is 9.69 Å². The minimum absolute atomic E-state index is 0.168. The third kappa shape index (κ3) is 7.84. The van der Waals surface area contributed by atoms with Gasteiger partial charge in [-0.15, -0.1) is 0 Å². The molecule has 1 heterocycles. The molecule has 1 aliphatic heterocycles. The molecule has 8 nitrogen and oxygen atoms in total. The average molecular weight is 418 g/mol. The molecule has 1 saturated heterocycles. The van der Waals surface area contributed by atoms with Gasteiger partial charge < -0.3 is 25.4 Å². The lowest BCUT2D eigenvalue weighted by Crippen LogP contribution is -2.41. The predicted molar refractivity (Wildman–Crippen MR) is 118 cm³/mol. The highest BCUT2D eigenvalue weighted by atomic mass is 16.5. The van der Waals surface area contributed by atoms with Crippen molar-refractivity contribution in [3.63, 3.8) is 0 Å². The molecular formula is C22H35N5O3. The number of morpholine rings is 1. The molecule has 3 rings (SSSR count). The number of nitrogens with zero attached hydrogens (tertiary/aromatic N) is 2. The van der Waals surface area contributed by atoms with E-state index in [1.165, 1.54) is 0 Å². The molecular weight excluding hydrogens is 382 g/mol. The Labute approximate surface area is 179 Å². The summed E-state index contributed by atoms with van der Waals surface area (Å²) in [5.41, 5.74) is 1.05. The minimum Gasteiger partial charge on any atom is -0.492 e. The number of amides is 1. The second kappa shape index (κ2) is 12.4. The van der Waals surface area contributed by atoms with E-state index in [0.717, 1.165) is 69.5 Å². The quantitative estimate of drug-likeness (QED) is 0.283. The van der Waals surface area contributed by atoms with Crippen molar-refractivity contribution in [3.8, 4) is 5.75 Å². The summed E-state index contributed by atoms with van der Waals surface area (Å²) in [5, 5.41) is 9.48. The van der Waals surface area contributed by atoms with E-state index in [1.807, 2.05) is 31.2 Å². The molecule has 0 atom stereocenters. The molecule has 1 amide bonds. The first kappa shape index (κ1) is 22.4. The number of carbonyl (C=O) groups is 1. The van der Waals surface area contributed by atoms with Crippen LogP contribution >= 0.6 is 0 Å². The van der Waals surface area contributed by atoms with Gasteiger partial charge in [-0.1, -0.05) is 18.2 Å². The zero-order valence-electron chi connectivity index (χ0n) is 18.0. The van der Waals surface area contributed by atoms with Gasteiger partial charge >= 0.3 is 0 Å². The fourth-order valence-electron chi connectivity index (χ4n) is 3.25. The van der Waals surface area contributed by atoms with Crippen LogP contribution in [0.2, 0.25) is 0 Å². The number of hydrogen-bond acceptors (Lipinski definition) is 5. The number of carbonyl (C=O) groups excluding carboxylic acids is 1. The first-order valence-electron chi connectivity index (χ1n) is 11.1. The van der Waals surface area contributed by atoms with Crippen molar-refractivity contribution < 1.29 is 14.3 Å². The second-order valence-electron chi connectivity index (χ2n) is 7.60. The number of benzene rings is 1. The molecule has 0 radical (unpaired) electrons. The molecule has 1 aromatic rings. The second-order valence-corrected chi connectivity index (χ2v) is 7.60. The van der Waals surface area contributed by atoms with Crippen LogP contribution in [-0.4, -0.2) is 75.9 Å². The highest BCUT2D eigenvalue weighted by Crippen LogP contribution is 2.28. The van der Waals surface area contributed by atoms with Gasteiger partial charge in [-0.2, -0.15) is 0 Å². The van der Waals surface area contributed by atoms with E-state index in [2.05, 4.69) is 25.8 Å². The van der Waals surface area contributed by atoms with Gasteiger partial charge in [0.1, 0.15) is 12.4 Å². The molecule has 0 bridgehead atoms. The fraction of sp³-hybridized carbons (Fsp3) is 0.636. The van der Waals surface area contributed by atoms with Crippen LogP contribution in [0, 0.1) is 5.92 Å². The van der Waals surface area contributed by atoms with Crippen molar-refractivity contribution in [2.75, 3.05) is 59.1 Å². The number of rotatable bonds is 11. The van der Waals surface area contributed by atoms with Crippen LogP contribution in [0.4, 0.5) is 0 Å². The zero-order chi connectivity index (χ0) is 21.0. The lowest BCUT2D eigenvalue weighted by atomic mass is 10.2. The van der Waals surface area contributed by atoms with Crippen molar-refractivity contribution in [2.45, 2.75) is 26.3 Å². The standard InChI is InChI=1S/C22H35N5O3/c1-2-23-22(25-10-9-24-21(28)18-7-8-18)26-17-19-5-3-4-6-20(19)30-16-13-27-11-14-29-15-12-27/h3-6,18H,2,7-17H2,1H3,(H,24,28)(H2,23,25,26). The van der Waals surface area contributed by atoms with Crippen molar-refractivity contribution in [2.24, 2.45) is 10.9 Å². The van der Waals surface area contributed by atoms with E-state index in [1.54, 1.807) is 0 Å². The van der Waals surface area contributed by atoms with E-state index in [-0.39, 0.29) is 11.8 Å². The number of hydrogen-bond donors (Lipinski definition) is 3. The Balaban J connectivity index is 1.44. The molecule has 2 aliphatic rings. The SMILES string of the molecule is CCNC(=NCc1ccccc1OCCN1CCOCC1)NCCNC(=O)C1CC1.